The van der Waals surface area contributed by atoms with E-state index in [-0.39, 0.29) is 0 Å². The zero-order valence-corrected chi connectivity index (χ0v) is 28.3. The van der Waals surface area contributed by atoms with Gasteiger partial charge in [-0.2, -0.15) is 0 Å². The highest BCUT2D eigenvalue weighted by Crippen LogP contribution is 2.28. The number of aliphatic carboxylic acids is 2. The third-order valence-corrected chi connectivity index (χ3v) is 10.1. The number of unbranched alkanes of at least 4 members (excludes halogenated alkanes) is 26. The number of hydrogen-bond donors (Lipinski definition) is 2. The molecular weight excluding hydrogens is 528 g/mol. The van der Waals surface area contributed by atoms with Crippen LogP contribution in [0.4, 0.5) is 0 Å². The third kappa shape index (κ3) is 29.2. The van der Waals surface area contributed by atoms with Crippen LogP contribution in [-0.4, -0.2) is 32.7 Å². The molecule has 41 heavy (non-hydrogen) atoms. The molecule has 0 radical (unpaired) electrons. The van der Waals surface area contributed by atoms with E-state index in [1.165, 1.54) is 153 Å². The van der Waals surface area contributed by atoms with Crippen molar-refractivity contribution in [3.63, 3.8) is 0 Å². The van der Waals surface area contributed by atoms with Crippen LogP contribution in [0.1, 0.15) is 206 Å². The van der Waals surface area contributed by atoms with Crippen molar-refractivity contribution in [1.29, 1.82) is 0 Å². The molecule has 2 atom stereocenters. The Labute approximate surface area is 260 Å². The van der Waals surface area contributed by atoms with Crippen molar-refractivity contribution in [2.45, 2.75) is 217 Å². The van der Waals surface area contributed by atoms with E-state index in [9.17, 15) is 19.8 Å². The Kier molecular flexibility index (Phi) is 31.7. The molecule has 0 rings (SSSR count). The summed E-state index contributed by atoms with van der Waals surface area (Å²) in [5, 5.41) is 18.2. The molecule has 2 unspecified atom stereocenters. The molecule has 0 amide bonds. The molecule has 0 aromatic heterocycles. The maximum atomic E-state index is 11.8. The Bertz CT molecular complexity index is 520. The lowest BCUT2D eigenvalue weighted by Gasteiger charge is -2.18. The van der Waals surface area contributed by atoms with E-state index in [4.69, 9.17) is 0 Å². The van der Waals surface area contributed by atoms with Crippen molar-refractivity contribution < 1.29 is 19.8 Å². The second kappa shape index (κ2) is 32.2. The van der Waals surface area contributed by atoms with E-state index >= 15 is 0 Å². The minimum absolute atomic E-state index is 0.584. The van der Waals surface area contributed by atoms with Crippen molar-refractivity contribution in [1.82, 2.24) is 0 Å². The van der Waals surface area contributed by atoms with Crippen LogP contribution in [0.15, 0.2) is 0 Å². The third-order valence-electron chi connectivity index (χ3n) is 8.52. The molecule has 0 saturated heterocycles. The van der Waals surface area contributed by atoms with Gasteiger partial charge in [-0.1, -0.05) is 194 Å². The van der Waals surface area contributed by atoms with Gasteiger partial charge in [0, 0.05) is 0 Å². The molecule has 4 nitrogen and oxygen atoms in total. The predicted octanol–water partition coefficient (Wildman–Crippen LogP) is 12.4. The fraction of sp³-hybridized carbons (Fsp3) is 0.944. The highest BCUT2D eigenvalue weighted by molar-refractivity contribution is 8.01. The minimum atomic E-state index is -0.850. The largest absolute Gasteiger partial charge is 0.480 e. The molecule has 0 bridgehead atoms. The second-order valence-corrected chi connectivity index (χ2v) is 14.0. The van der Waals surface area contributed by atoms with E-state index in [0.29, 0.717) is 12.8 Å². The maximum Gasteiger partial charge on any atom is 0.316 e. The zero-order chi connectivity index (χ0) is 30.2. The van der Waals surface area contributed by atoms with Crippen LogP contribution in [0.25, 0.3) is 0 Å². The lowest BCUT2D eigenvalue weighted by Crippen LogP contribution is -2.25. The minimum Gasteiger partial charge on any atom is -0.480 e. The fourth-order valence-corrected chi connectivity index (χ4v) is 6.98. The monoisotopic (exact) mass is 598 g/mol. The summed E-state index contributed by atoms with van der Waals surface area (Å²) in [6, 6.07) is 0. The average Bonchev–Trinajstić information content (AvgIpc) is 2.95. The lowest BCUT2D eigenvalue weighted by atomic mass is 10.0. The molecule has 5 heteroatoms. The summed E-state index contributed by atoms with van der Waals surface area (Å²) in [7, 11) is 0. The second-order valence-electron chi connectivity index (χ2n) is 12.6. The van der Waals surface area contributed by atoms with Gasteiger partial charge in [0.25, 0.3) is 0 Å². The van der Waals surface area contributed by atoms with Crippen molar-refractivity contribution in [3.8, 4) is 0 Å². The van der Waals surface area contributed by atoms with Crippen LogP contribution in [0.2, 0.25) is 0 Å². The van der Waals surface area contributed by atoms with E-state index in [1.54, 1.807) is 0 Å². The Morgan fingerprint density at radius 2 is 0.585 bits per heavy atom. The molecule has 0 fully saturated rings. The molecule has 0 heterocycles. The van der Waals surface area contributed by atoms with Crippen LogP contribution in [0, 0.1) is 0 Å². The highest BCUT2D eigenvalue weighted by atomic mass is 32.2. The van der Waals surface area contributed by atoms with Crippen molar-refractivity contribution in [3.05, 3.63) is 0 Å². The van der Waals surface area contributed by atoms with Gasteiger partial charge in [-0.3, -0.25) is 9.59 Å². The van der Waals surface area contributed by atoms with E-state index in [1.807, 2.05) is 0 Å². The Morgan fingerprint density at radius 3 is 0.780 bits per heavy atom. The molecule has 244 valence electrons. The molecule has 2 N–H and O–H groups in total. The van der Waals surface area contributed by atoms with Crippen molar-refractivity contribution in [2.75, 3.05) is 0 Å². The number of hydrogen-bond acceptors (Lipinski definition) is 3. The van der Waals surface area contributed by atoms with Gasteiger partial charge in [-0.25, -0.2) is 0 Å². The van der Waals surface area contributed by atoms with Crippen LogP contribution >= 0.6 is 11.8 Å². The maximum absolute atomic E-state index is 11.8. The van der Waals surface area contributed by atoms with Gasteiger partial charge in [0.15, 0.2) is 0 Å². The van der Waals surface area contributed by atoms with Gasteiger partial charge in [0.1, 0.15) is 10.5 Å². The fourth-order valence-electron chi connectivity index (χ4n) is 5.75. The molecule has 0 spiro atoms. The van der Waals surface area contributed by atoms with Gasteiger partial charge < -0.3 is 10.2 Å². The first-order chi connectivity index (χ1) is 20.0. The topological polar surface area (TPSA) is 74.6 Å². The smallest absolute Gasteiger partial charge is 0.316 e. The van der Waals surface area contributed by atoms with E-state index in [2.05, 4.69) is 13.8 Å². The van der Waals surface area contributed by atoms with Crippen molar-refractivity contribution in [2.24, 2.45) is 0 Å². The molecule has 0 aromatic carbocycles. The van der Waals surface area contributed by atoms with E-state index < -0.39 is 22.4 Å². The number of thioether (sulfide) groups is 1. The standard InChI is InChI=1S/C36H70O4S/c1-3-5-7-9-11-13-15-17-19-21-23-25-27-29-31-33(35(37)38)41-34(36(39)40)32-30-28-26-24-22-20-18-16-14-12-10-8-6-4-2/h33-34H,3-32H2,1-2H3,(H,37,38)(H,39,40). The molecule has 0 aromatic rings. The van der Waals surface area contributed by atoms with Gasteiger partial charge in [-0.05, 0) is 12.8 Å². The van der Waals surface area contributed by atoms with Gasteiger partial charge in [0.2, 0.25) is 0 Å². The number of rotatable bonds is 34. The molecule has 0 aliphatic heterocycles. The SMILES string of the molecule is CCCCCCCCCCCCCCCCC(SC(CCCCCCCCCCCCCCCC)C(=O)O)C(=O)O. The number of carbonyl (C=O) groups is 2. The van der Waals surface area contributed by atoms with Crippen LogP contribution in [-0.2, 0) is 9.59 Å². The highest BCUT2D eigenvalue weighted by Gasteiger charge is 2.27. The van der Waals surface area contributed by atoms with Crippen molar-refractivity contribution >= 4 is 23.7 Å². The van der Waals surface area contributed by atoms with Crippen LogP contribution in [0.5, 0.6) is 0 Å². The summed E-state index contributed by atoms with van der Waals surface area (Å²) in [5.41, 5.74) is 0. The normalized spacial score (nSPS) is 12.9. The van der Waals surface area contributed by atoms with E-state index in [0.717, 1.165) is 38.5 Å². The first-order valence-electron chi connectivity index (χ1n) is 18.1. The summed E-state index contributed by atoms with van der Waals surface area (Å²) in [6.45, 7) is 4.53. The van der Waals surface area contributed by atoms with Crippen LogP contribution < -0.4 is 0 Å². The van der Waals surface area contributed by atoms with Gasteiger partial charge in [-0.15, -0.1) is 11.8 Å². The quantitative estimate of drug-likeness (QED) is 0.0721. The summed E-state index contributed by atoms with van der Waals surface area (Å²) in [6.07, 6.45) is 37.0. The molecular formula is C36H70O4S. The summed E-state index contributed by atoms with van der Waals surface area (Å²) in [4.78, 5) is 23.6. The number of carboxylic acids is 2. The first kappa shape index (κ1) is 40.3. The van der Waals surface area contributed by atoms with Gasteiger partial charge >= 0.3 is 11.9 Å². The summed E-state index contributed by atoms with van der Waals surface area (Å²) >= 11 is 1.18. The molecule has 0 aliphatic carbocycles. The van der Waals surface area contributed by atoms with Gasteiger partial charge in [0.05, 0.1) is 0 Å². The zero-order valence-electron chi connectivity index (χ0n) is 27.5. The lowest BCUT2D eigenvalue weighted by molar-refractivity contribution is -0.136. The Hall–Kier alpha value is -0.710. The first-order valence-corrected chi connectivity index (χ1v) is 19.1. The molecule has 0 saturated carbocycles. The number of carboxylic acid groups (broad SMARTS) is 2. The van der Waals surface area contributed by atoms with Crippen LogP contribution in [0.3, 0.4) is 0 Å². The average molecular weight is 599 g/mol. The predicted molar refractivity (Wildman–Crippen MR) is 180 cm³/mol. The Morgan fingerprint density at radius 1 is 0.390 bits per heavy atom. The summed E-state index contributed by atoms with van der Waals surface area (Å²) in [5.74, 6) is -1.70. The Balaban J connectivity index is 3.78. The summed E-state index contributed by atoms with van der Waals surface area (Å²) < 4.78 is 0. The molecule has 0 aliphatic rings.